The molecule has 1 aromatic heterocycles. The van der Waals surface area contributed by atoms with E-state index in [4.69, 9.17) is 0 Å². The lowest BCUT2D eigenvalue weighted by Crippen LogP contribution is -2.36. The molecule has 2 N–H and O–H groups in total. The van der Waals surface area contributed by atoms with E-state index in [1.54, 1.807) is 21.0 Å². The van der Waals surface area contributed by atoms with Crippen LogP contribution >= 0.6 is 0 Å². The average molecular weight is 183 g/mol. The van der Waals surface area contributed by atoms with Crippen LogP contribution < -0.4 is 10.6 Å². The molecule has 0 saturated carbocycles. The summed E-state index contributed by atoms with van der Waals surface area (Å²) in [6.45, 7) is 1.77. The van der Waals surface area contributed by atoms with Crippen LogP contribution in [0.25, 0.3) is 0 Å². The third kappa shape index (κ3) is 2.25. The monoisotopic (exact) mass is 183 g/mol. The molecule has 6 nitrogen and oxygen atoms in total. The summed E-state index contributed by atoms with van der Waals surface area (Å²) in [5.41, 5.74) is 0. The van der Waals surface area contributed by atoms with Crippen molar-refractivity contribution >= 4 is 11.9 Å². The zero-order chi connectivity index (χ0) is 9.84. The minimum Gasteiger partial charge on any atom is -0.309 e. The number of hydrogen-bond donors (Lipinski definition) is 2. The molecule has 0 aromatic carbocycles. The molecule has 0 aliphatic heterocycles. The van der Waals surface area contributed by atoms with Gasteiger partial charge in [0.15, 0.2) is 0 Å². The second-order valence-electron chi connectivity index (χ2n) is 2.71. The standard InChI is InChI=1S/C7H13N5O/c1-5(8-2)6(13)11-7-9-4-10-12(7)3/h4-5,8H,1-3H3,(H,9,10,11,13). The lowest BCUT2D eigenvalue weighted by atomic mass is 10.3. The Bertz CT molecular complexity index is 295. The van der Waals surface area contributed by atoms with Crippen molar-refractivity contribution < 1.29 is 4.79 Å². The molecule has 0 aliphatic carbocycles. The number of nitrogens with zero attached hydrogens (tertiary/aromatic N) is 3. The Morgan fingerprint density at radius 1 is 1.69 bits per heavy atom. The summed E-state index contributed by atoms with van der Waals surface area (Å²) in [5, 5.41) is 9.28. The van der Waals surface area contributed by atoms with E-state index in [0.29, 0.717) is 5.95 Å². The fourth-order valence-electron chi connectivity index (χ4n) is 0.759. The summed E-state index contributed by atoms with van der Waals surface area (Å²) >= 11 is 0. The Hall–Kier alpha value is -1.43. The molecule has 0 spiro atoms. The lowest BCUT2D eigenvalue weighted by molar-refractivity contribution is -0.117. The van der Waals surface area contributed by atoms with Gasteiger partial charge in [0.1, 0.15) is 6.33 Å². The highest BCUT2D eigenvalue weighted by Crippen LogP contribution is 1.98. The number of likely N-dealkylation sites (N-methyl/N-ethyl adjacent to an activating group) is 1. The van der Waals surface area contributed by atoms with Crippen molar-refractivity contribution in [2.24, 2.45) is 7.05 Å². The quantitative estimate of drug-likeness (QED) is 0.654. The first kappa shape index (κ1) is 9.66. The maximum Gasteiger partial charge on any atom is 0.243 e. The maximum absolute atomic E-state index is 11.3. The van der Waals surface area contributed by atoms with Crippen molar-refractivity contribution in [2.75, 3.05) is 12.4 Å². The topological polar surface area (TPSA) is 71.8 Å². The fourth-order valence-corrected chi connectivity index (χ4v) is 0.759. The van der Waals surface area contributed by atoms with Crippen LogP contribution in [-0.2, 0) is 11.8 Å². The zero-order valence-corrected chi connectivity index (χ0v) is 7.90. The minimum absolute atomic E-state index is 0.126. The van der Waals surface area contributed by atoms with Gasteiger partial charge in [0.25, 0.3) is 0 Å². The lowest BCUT2D eigenvalue weighted by Gasteiger charge is -2.09. The van der Waals surface area contributed by atoms with Gasteiger partial charge in [-0.05, 0) is 14.0 Å². The van der Waals surface area contributed by atoms with Gasteiger partial charge in [-0.2, -0.15) is 10.1 Å². The summed E-state index contributed by atoms with van der Waals surface area (Å²) in [6.07, 6.45) is 1.39. The van der Waals surface area contributed by atoms with Crippen LogP contribution in [0.4, 0.5) is 5.95 Å². The first-order valence-corrected chi connectivity index (χ1v) is 3.97. The molecule has 1 atom stereocenters. The minimum atomic E-state index is -0.239. The fraction of sp³-hybridized carbons (Fsp3) is 0.571. The number of carbonyl (C=O) groups excluding carboxylic acids is 1. The Balaban J connectivity index is 2.60. The van der Waals surface area contributed by atoms with Gasteiger partial charge in [-0.3, -0.25) is 10.1 Å². The van der Waals surface area contributed by atoms with Gasteiger partial charge in [0.05, 0.1) is 6.04 Å². The number of anilines is 1. The van der Waals surface area contributed by atoms with E-state index in [-0.39, 0.29) is 11.9 Å². The van der Waals surface area contributed by atoms with E-state index < -0.39 is 0 Å². The number of amides is 1. The van der Waals surface area contributed by atoms with Crippen LogP contribution in [0.1, 0.15) is 6.92 Å². The SMILES string of the molecule is CNC(C)C(=O)Nc1ncnn1C. The number of rotatable bonds is 3. The molecular formula is C7H13N5O. The summed E-state index contributed by atoms with van der Waals surface area (Å²) < 4.78 is 1.50. The van der Waals surface area contributed by atoms with Crippen molar-refractivity contribution in [3.05, 3.63) is 6.33 Å². The number of hydrogen-bond acceptors (Lipinski definition) is 4. The van der Waals surface area contributed by atoms with E-state index in [1.165, 1.54) is 11.0 Å². The molecule has 1 amide bonds. The van der Waals surface area contributed by atoms with Gasteiger partial charge in [-0.25, -0.2) is 4.68 Å². The maximum atomic E-state index is 11.3. The van der Waals surface area contributed by atoms with E-state index in [2.05, 4.69) is 20.7 Å². The summed E-state index contributed by atoms with van der Waals surface area (Å²) in [6, 6.07) is -0.239. The van der Waals surface area contributed by atoms with E-state index in [0.717, 1.165) is 0 Å². The van der Waals surface area contributed by atoms with Crippen LogP contribution in [-0.4, -0.2) is 33.8 Å². The normalized spacial score (nSPS) is 12.5. The van der Waals surface area contributed by atoms with Crippen LogP contribution in [0.15, 0.2) is 6.33 Å². The van der Waals surface area contributed by atoms with Gasteiger partial charge in [-0.1, -0.05) is 0 Å². The molecular weight excluding hydrogens is 170 g/mol. The van der Waals surface area contributed by atoms with Gasteiger partial charge < -0.3 is 5.32 Å². The number of aryl methyl sites for hydroxylation is 1. The second-order valence-corrected chi connectivity index (χ2v) is 2.71. The number of aromatic nitrogens is 3. The Morgan fingerprint density at radius 3 is 2.85 bits per heavy atom. The van der Waals surface area contributed by atoms with Crippen molar-refractivity contribution in [3.63, 3.8) is 0 Å². The summed E-state index contributed by atoms with van der Waals surface area (Å²) in [4.78, 5) is 15.2. The first-order valence-electron chi connectivity index (χ1n) is 3.97. The highest BCUT2D eigenvalue weighted by Gasteiger charge is 2.12. The van der Waals surface area contributed by atoms with Gasteiger partial charge in [0.2, 0.25) is 11.9 Å². The molecule has 0 saturated heterocycles. The molecule has 1 unspecified atom stereocenters. The van der Waals surface area contributed by atoms with Crippen molar-refractivity contribution in [1.82, 2.24) is 20.1 Å². The van der Waals surface area contributed by atoms with Gasteiger partial charge >= 0.3 is 0 Å². The largest absolute Gasteiger partial charge is 0.309 e. The Kier molecular flexibility index (Phi) is 2.97. The van der Waals surface area contributed by atoms with E-state index >= 15 is 0 Å². The van der Waals surface area contributed by atoms with Crippen LogP contribution in [0, 0.1) is 0 Å². The molecule has 1 aromatic rings. The summed E-state index contributed by atoms with van der Waals surface area (Å²) in [7, 11) is 3.44. The predicted octanol–water partition coefficient (Wildman–Crippen LogP) is -0.639. The van der Waals surface area contributed by atoms with Crippen LogP contribution in [0.5, 0.6) is 0 Å². The van der Waals surface area contributed by atoms with Crippen LogP contribution in [0.3, 0.4) is 0 Å². The average Bonchev–Trinajstić information content (AvgIpc) is 2.50. The van der Waals surface area contributed by atoms with Gasteiger partial charge in [-0.15, -0.1) is 0 Å². The van der Waals surface area contributed by atoms with E-state index in [9.17, 15) is 4.79 Å². The zero-order valence-electron chi connectivity index (χ0n) is 7.90. The third-order valence-electron chi connectivity index (χ3n) is 1.77. The molecule has 0 radical (unpaired) electrons. The highest BCUT2D eigenvalue weighted by molar-refractivity contribution is 5.93. The second kappa shape index (κ2) is 3.99. The number of carbonyl (C=O) groups is 1. The van der Waals surface area contributed by atoms with E-state index in [1.807, 2.05) is 0 Å². The molecule has 6 heteroatoms. The predicted molar refractivity (Wildman–Crippen MR) is 48.2 cm³/mol. The number of nitrogens with one attached hydrogen (secondary N) is 2. The smallest absolute Gasteiger partial charge is 0.243 e. The third-order valence-corrected chi connectivity index (χ3v) is 1.77. The van der Waals surface area contributed by atoms with Crippen molar-refractivity contribution in [1.29, 1.82) is 0 Å². The first-order chi connectivity index (χ1) is 6.15. The molecule has 13 heavy (non-hydrogen) atoms. The Morgan fingerprint density at radius 2 is 2.38 bits per heavy atom. The molecule has 1 rings (SSSR count). The van der Waals surface area contributed by atoms with Crippen molar-refractivity contribution in [2.45, 2.75) is 13.0 Å². The van der Waals surface area contributed by atoms with Crippen molar-refractivity contribution in [3.8, 4) is 0 Å². The summed E-state index contributed by atoms with van der Waals surface area (Å²) in [5.74, 6) is 0.325. The molecule has 72 valence electrons. The molecule has 1 heterocycles. The molecule has 0 fully saturated rings. The molecule has 0 bridgehead atoms. The molecule has 0 aliphatic rings. The Labute approximate surface area is 76.3 Å². The van der Waals surface area contributed by atoms with Crippen LogP contribution in [0.2, 0.25) is 0 Å². The van der Waals surface area contributed by atoms with Gasteiger partial charge in [0, 0.05) is 7.05 Å². The highest BCUT2D eigenvalue weighted by atomic mass is 16.2.